The zero-order chi connectivity index (χ0) is 20.2. The maximum Gasteiger partial charge on any atom is 0.147 e. The van der Waals surface area contributed by atoms with Crippen LogP contribution >= 0.6 is 11.3 Å². The van der Waals surface area contributed by atoms with Crippen LogP contribution < -0.4 is 10.2 Å². The average molecular weight is 416 g/mol. The molecule has 30 heavy (non-hydrogen) atoms. The van der Waals surface area contributed by atoms with Crippen LogP contribution in [-0.4, -0.2) is 41.0 Å². The summed E-state index contributed by atoms with van der Waals surface area (Å²) in [5.74, 6) is 0.918. The Morgan fingerprint density at radius 1 is 0.833 bits per heavy atom. The molecular formula is C24H25N5S. The van der Waals surface area contributed by atoms with E-state index in [1.54, 1.807) is 17.7 Å². The van der Waals surface area contributed by atoms with E-state index < -0.39 is 0 Å². The lowest BCUT2D eigenvalue weighted by atomic mass is 10.1. The number of rotatable bonds is 6. The van der Waals surface area contributed by atoms with Gasteiger partial charge in [0.15, 0.2) is 0 Å². The Hall–Kier alpha value is -2.96. The average Bonchev–Trinajstić information content (AvgIpc) is 3.29. The van der Waals surface area contributed by atoms with Gasteiger partial charge in [0.05, 0.1) is 10.2 Å². The summed E-state index contributed by atoms with van der Waals surface area (Å²) in [6, 6.07) is 21.5. The number of para-hydroxylation sites is 1. The maximum absolute atomic E-state index is 4.45. The van der Waals surface area contributed by atoms with Crippen molar-refractivity contribution < 1.29 is 0 Å². The number of piperazine rings is 1. The molecule has 1 saturated heterocycles. The molecule has 0 radical (unpaired) electrons. The Labute approximate surface area is 181 Å². The largest absolute Gasteiger partial charge is 0.369 e. The van der Waals surface area contributed by atoms with E-state index >= 15 is 0 Å². The van der Waals surface area contributed by atoms with Crippen molar-refractivity contribution >= 4 is 33.1 Å². The molecule has 0 atom stereocenters. The summed E-state index contributed by atoms with van der Waals surface area (Å²) in [7, 11) is 0. The topological polar surface area (TPSA) is 44.3 Å². The Balaban J connectivity index is 1.23. The third kappa shape index (κ3) is 4.15. The summed E-state index contributed by atoms with van der Waals surface area (Å²) in [5.41, 5.74) is 5.04. The van der Waals surface area contributed by atoms with Crippen LogP contribution in [0.15, 0.2) is 72.4 Å². The van der Waals surface area contributed by atoms with Gasteiger partial charge in [0, 0.05) is 45.0 Å². The molecule has 5 nitrogen and oxygen atoms in total. The standard InChI is InChI=1S/C24H25N5S/c1-2-8-21(9-3-1)29-13-11-28(12-14-29)17-20-7-5-4-6-19(20)16-25-24-23-22(10-15-30-23)26-18-27-24/h1-10,15,18H,11-14,16-17H2,(H,25,26,27). The summed E-state index contributed by atoms with van der Waals surface area (Å²) in [4.78, 5) is 13.8. The number of anilines is 2. The lowest BCUT2D eigenvalue weighted by Gasteiger charge is -2.36. The van der Waals surface area contributed by atoms with Crippen molar-refractivity contribution in [2.24, 2.45) is 0 Å². The highest BCUT2D eigenvalue weighted by Gasteiger charge is 2.18. The zero-order valence-electron chi connectivity index (χ0n) is 16.9. The van der Waals surface area contributed by atoms with Gasteiger partial charge in [0.2, 0.25) is 0 Å². The fraction of sp³-hybridized carbons (Fsp3) is 0.250. The highest BCUT2D eigenvalue weighted by molar-refractivity contribution is 7.17. The molecule has 1 N–H and O–H groups in total. The smallest absolute Gasteiger partial charge is 0.147 e. The normalized spacial score (nSPS) is 14.9. The molecule has 3 heterocycles. The third-order valence-corrected chi connectivity index (χ3v) is 6.61. The van der Waals surface area contributed by atoms with Crippen LogP contribution in [0.2, 0.25) is 0 Å². The molecule has 1 fully saturated rings. The molecular weight excluding hydrogens is 390 g/mol. The molecule has 1 aliphatic heterocycles. The summed E-state index contributed by atoms with van der Waals surface area (Å²) in [6.07, 6.45) is 1.63. The molecule has 152 valence electrons. The van der Waals surface area contributed by atoms with Crippen LogP contribution in [-0.2, 0) is 13.1 Å². The van der Waals surface area contributed by atoms with Gasteiger partial charge in [0.25, 0.3) is 0 Å². The van der Waals surface area contributed by atoms with Gasteiger partial charge in [-0.05, 0) is 34.7 Å². The van der Waals surface area contributed by atoms with Crippen LogP contribution in [0, 0.1) is 0 Å². The Morgan fingerprint density at radius 2 is 1.60 bits per heavy atom. The van der Waals surface area contributed by atoms with Crippen molar-refractivity contribution in [1.29, 1.82) is 0 Å². The van der Waals surface area contributed by atoms with E-state index in [-0.39, 0.29) is 0 Å². The number of hydrogen-bond acceptors (Lipinski definition) is 6. The van der Waals surface area contributed by atoms with Gasteiger partial charge in [-0.3, -0.25) is 4.90 Å². The lowest BCUT2D eigenvalue weighted by molar-refractivity contribution is 0.249. The van der Waals surface area contributed by atoms with E-state index in [2.05, 4.69) is 85.1 Å². The van der Waals surface area contributed by atoms with Crippen LogP contribution in [0.25, 0.3) is 10.2 Å². The van der Waals surface area contributed by atoms with Gasteiger partial charge in [-0.1, -0.05) is 42.5 Å². The number of nitrogens with zero attached hydrogens (tertiary/aromatic N) is 4. The number of hydrogen-bond donors (Lipinski definition) is 1. The van der Waals surface area contributed by atoms with Gasteiger partial charge in [-0.15, -0.1) is 11.3 Å². The van der Waals surface area contributed by atoms with Crippen molar-refractivity contribution in [3.8, 4) is 0 Å². The summed E-state index contributed by atoms with van der Waals surface area (Å²) in [5, 5.41) is 5.59. The Bertz CT molecular complexity index is 1100. The first kappa shape index (κ1) is 19.0. The summed E-state index contributed by atoms with van der Waals surface area (Å²) < 4.78 is 1.12. The van der Waals surface area contributed by atoms with Gasteiger partial charge in [0.1, 0.15) is 12.1 Å². The first-order chi connectivity index (χ1) is 14.9. The molecule has 0 bridgehead atoms. The van der Waals surface area contributed by atoms with E-state index in [0.717, 1.165) is 55.3 Å². The Kier molecular flexibility index (Phi) is 5.59. The predicted octanol–water partition coefficient (Wildman–Crippen LogP) is 4.63. The molecule has 1 aliphatic rings. The zero-order valence-corrected chi connectivity index (χ0v) is 17.7. The minimum Gasteiger partial charge on any atom is -0.369 e. The van der Waals surface area contributed by atoms with Crippen LogP contribution in [0.1, 0.15) is 11.1 Å². The molecule has 2 aromatic carbocycles. The molecule has 2 aromatic heterocycles. The fourth-order valence-electron chi connectivity index (χ4n) is 4.02. The number of nitrogens with one attached hydrogen (secondary N) is 1. The van der Waals surface area contributed by atoms with Crippen LogP contribution in [0.4, 0.5) is 11.5 Å². The van der Waals surface area contributed by atoms with Crippen molar-refractivity contribution in [2.75, 3.05) is 36.4 Å². The first-order valence-electron chi connectivity index (χ1n) is 10.4. The first-order valence-corrected chi connectivity index (χ1v) is 11.3. The quantitative estimate of drug-likeness (QED) is 0.498. The van der Waals surface area contributed by atoms with Gasteiger partial charge in [-0.2, -0.15) is 0 Å². The highest BCUT2D eigenvalue weighted by atomic mass is 32.1. The van der Waals surface area contributed by atoms with Crippen LogP contribution in [0.5, 0.6) is 0 Å². The van der Waals surface area contributed by atoms with Gasteiger partial charge >= 0.3 is 0 Å². The molecule has 0 aliphatic carbocycles. The second-order valence-electron chi connectivity index (χ2n) is 7.58. The number of fused-ring (bicyclic) bond motifs is 1. The highest BCUT2D eigenvalue weighted by Crippen LogP contribution is 2.25. The van der Waals surface area contributed by atoms with E-state index in [1.807, 2.05) is 6.07 Å². The number of thiophene rings is 1. The van der Waals surface area contributed by atoms with Crippen molar-refractivity contribution in [3.63, 3.8) is 0 Å². The summed E-state index contributed by atoms with van der Waals surface area (Å²) in [6.45, 7) is 6.06. The Morgan fingerprint density at radius 3 is 2.43 bits per heavy atom. The summed E-state index contributed by atoms with van der Waals surface area (Å²) >= 11 is 1.68. The maximum atomic E-state index is 4.45. The number of benzene rings is 2. The monoisotopic (exact) mass is 415 g/mol. The minimum absolute atomic E-state index is 0.768. The van der Waals surface area contributed by atoms with Crippen molar-refractivity contribution in [3.05, 3.63) is 83.5 Å². The fourth-order valence-corrected chi connectivity index (χ4v) is 4.83. The van der Waals surface area contributed by atoms with Crippen molar-refractivity contribution in [1.82, 2.24) is 14.9 Å². The lowest BCUT2D eigenvalue weighted by Crippen LogP contribution is -2.46. The van der Waals surface area contributed by atoms with Crippen LogP contribution in [0.3, 0.4) is 0 Å². The van der Waals surface area contributed by atoms with Gasteiger partial charge < -0.3 is 10.2 Å². The third-order valence-electron chi connectivity index (χ3n) is 5.70. The predicted molar refractivity (Wildman–Crippen MR) is 125 cm³/mol. The van der Waals surface area contributed by atoms with E-state index in [0.29, 0.717) is 0 Å². The van der Waals surface area contributed by atoms with Gasteiger partial charge in [-0.25, -0.2) is 9.97 Å². The molecule has 0 spiro atoms. The molecule has 4 aromatic rings. The molecule has 0 saturated carbocycles. The molecule has 0 unspecified atom stereocenters. The SMILES string of the molecule is c1ccc(N2CCN(Cc3ccccc3CNc3ncnc4ccsc34)CC2)cc1. The van der Waals surface area contributed by atoms with E-state index in [9.17, 15) is 0 Å². The number of aromatic nitrogens is 2. The molecule has 0 amide bonds. The second-order valence-corrected chi connectivity index (χ2v) is 8.49. The second kappa shape index (κ2) is 8.81. The molecule has 6 heteroatoms. The molecule has 5 rings (SSSR count). The van der Waals surface area contributed by atoms with E-state index in [4.69, 9.17) is 0 Å². The van der Waals surface area contributed by atoms with E-state index in [1.165, 1.54) is 16.8 Å². The van der Waals surface area contributed by atoms with Crippen molar-refractivity contribution in [2.45, 2.75) is 13.1 Å². The minimum atomic E-state index is 0.768.